The van der Waals surface area contributed by atoms with Crippen LogP contribution in [0, 0.1) is 13.8 Å². The van der Waals surface area contributed by atoms with Crippen molar-refractivity contribution in [2.75, 3.05) is 20.3 Å². The van der Waals surface area contributed by atoms with Crippen LogP contribution in [0.5, 0.6) is 0 Å². The second-order valence-electron chi connectivity index (χ2n) is 6.68. The number of rotatable bonds is 8. The van der Waals surface area contributed by atoms with Crippen molar-refractivity contribution in [3.8, 4) is 0 Å². The van der Waals surface area contributed by atoms with Gasteiger partial charge in [0.05, 0.1) is 29.8 Å². The number of carbonyl (C=O) groups is 1. The minimum absolute atomic E-state index is 0.319. The highest BCUT2D eigenvalue weighted by Gasteiger charge is 2.15. The molecular weight excluding hydrogens is 372 g/mol. The molecule has 0 saturated carbocycles. The van der Waals surface area contributed by atoms with Crippen molar-refractivity contribution in [1.82, 2.24) is 9.55 Å². The van der Waals surface area contributed by atoms with Gasteiger partial charge in [-0.3, -0.25) is 0 Å². The summed E-state index contributed by atoms with van der Waals surface area (Å²) in [7, 11) is 1.69. The van der Waals surface area contributed by atoms with Crippen molar-refractivity contribution in [3.05, 3.63) is 58.7 Å². The van der Waals surface area contributed by atoms with Gasteiger partial charge < -0.3 is 14.0 Å². The van der Waals surface area contributed by atoms with Crippen LogP contribution < -0.4 is 0 Å². The van der Waals surface area contributed by atoms with Gasteiger partial charge in [-0.1, -0.05) is 35.5 Å². The summed E-state index contributed by atoms with van der Waals surface area (Å²) in [5.74, 6) is 0.521. The summed E-state index contributed by atoms with van der Waals surface area (Å²) in [6.45, 7) is 7.72. The molecule has 3 aromatic rings. The SMILES string of the molecule is CCOC(=O)c1ccc2c(c1)nc(SCc1ccc(C)cc1C)n2CCOC. The molecule has 1 aromatic heterocycles. The number of carbonyl (C=O) groups excluding carboxylic acids is 1. The molecule has 0 N–H and O–H groups in total. The van der Waals surface area contributed by atoms with Gasteiger partial charge in [0.25, 0.3) is 0 Å². The highest BCUT2D eigenvalue weighted by Crippen LogP contribution is 2.28. The molecule has 0 fully saturated rings. The summed E-state index contributed by atoms with van der Waals surface area (Å²) < 4.78 is 12.5. The standard InChI is InChI=1S/C22H26N2O3S/c1-5-27-21(25)17-8-9-20-19(13-17)23-22(24(20)10-11-26-4)28-14-18-7-6-15(2)12-16(18)3/h6-9,12-13H,5,10-11,14H2,1-4H3. The highest BCUT2D eigenvalue weighted by atomic mass is 32.2. The van der Waals surface area contributed by atoms with Gasteiger partial charge in [0.15, 0.2) is 5.16 Å². The van der Waals surface area contributed by atoms with E-state index >= 15 is 0 Å². The van der Waals surface area contributed by atoms with Crippen LogP contribution in [-0.2, 0) is 21.8 Å². The van der Waals surface area contributed by atoms with Crippen LogP contribution in [0.2, 0.25) is 0 Å². The van der Waals surface area contributed by atoms with Crippen molar-refractivity contribution in [3.63, 3.8) is 0 Å². The maximum absolute atomic E-state index is 12.0. The van der Waals surface area contributed by atoms with E-state index in [9.17, 15) is 4.79 Å². The molecule has 0 saturated heterocycles. The zero-order valence-corrected chi connectivity index (χ0v) is 17.6. The summed E-state index contributed by atoms with van der Waals surface area (Å²) in [4.78, 5) is 16.8. The molecule has 0 spiro atoms. The van der Waals surface area contributed by atoms with Crippen molar-refractivity contribution in [2.24, 2.45) is 0 Å². The fourth-order valence-corrected chi connectivity index (χ4v) is 4.22. The van der Waals surface area contributed by atoms with E-state index in [1.807, 2.05) is 6.07 Å². The lowest BCUT2D eigenvalue weighted by atomic mass is 10.1. The number of nitrogens with zero attached hydrogens (tertiary/aromatic N) is 2. The largest absolute Gasteiger partial charge is 0.462 e. The third kappa shape index (κ3) is 4.56. The van der Waals surface area contributed by atoms with E-state index in [0.29, 0.717) is 25.3 Å². The lowest BCUT2D eigenvalue weighted by Gasteiger charge is -2.10. The zero-order valence-electron chi connectivity index (χ0n) is 16.8. The number of benzene rings is 2. The van der Waals surface area contributed by atoms with E-state index in [0.717, 1.165) is 21.9 Å². The molecule has 0 aliphatic heterocycles. The summed E-state index contributed by atoms with van der Waals surface area (Å²) in [6, 6.07) is 12.1. The van der Waals surface area contributed by atoms with Gasteiger partial charge >= 0.3 is 5.97 Å². The van der Waals surface area contributed by atoms with Gasteiger partial charge in [-0.15, -0.1) is 0 Å². The van der Waals surface area contributed by atoms with Crippen LogP contribution in [0.15, 0.2) is 41.6 Å². The molecule has 0 aliphatic carbocycles. The number of aromatic nitrogens is 2. The number of methoxy groups -OCH3 is 1. The number of ether oxygens (including phenoxy) is 2. The first kappa shape index (κ1) is 20.4. The topological polar surface area (TPSA) is 53.3 Å². The molecule has 0 aliphatic rings. The van der Waals surface area contributed by atoms with Crippen LogP contribution in [0.1, 0.15) is 34.0 Å². The van der Waals surface area contributed by atoms with Gasteiger partial charge in [-0.2, -0.15) is 0 Å². The Morgan fingerprint density at radius 1 is 1.18 bits per heavy atom. The Labute approximate surface area is 170 Å². The molecule has 2 aromatic carbocycles. The van der Waals surface area contributed by atoms with Crippen molar-refractivity contribution in [2.45, 2.75) is 38.2 Å². The van der Waals surface area contributed by atoms with Crippen LogP contribution in [0.4, 0.5) is 0 Å². The summed E-state index contributed by atoms with van der Waals surface area (Å²) in [6.07, 6.45) is 0. The van der Waals surface area contributed by atoms with Crippen molar-refractivity contribution < 1.29 is 14.3 Å². The fraction of sp³-hybridized carbons (Fsp3) is 0.364. The summed E-state index contributed by atoms with van der Waals surface area (Å²) >= 11 is 1.70. The van der Waals surface area contributed by atoms with E-state index < -0.39 is 0 Å². The maximum atomic E-state index is 12.0. The monoisotopic (exact) mass is 398 g/mol. The van der Waals surface area contributed by atoms with Crippen molar-refractivity contribution >= 4 is 28.8 Å². The average molecular weight is 399 g/mol. The van der Waals surface area contributed by atoms with E-state index in [4.69, 9.17) is 14.5 Å². The van der Waals surface area contributed by atoms with E-state index in [-0.39, 0.29) is 5.97 Å². The quantitative estimate of drug-likeness (QED) is 0.404. The number of aryl methyl sites for hydroxylation is 2. The number of imidazole rings is 1. The molecule has 0 amide bonds. The lowest BCUT2D eigenvalue weighted by Crippen LogP contribution is -2.06. The smallest absolute Gasteiger partial charge is 0.338 e. The highest BCUT2D eigenvalue weighted by molar-refractivity contribution is 7.98. The zero-order chi connectivity index (χ0) is 20.1. The molecule has 28 heavy (non-hydrogen) atoms. The molecule has 0 bridgehead atoms. The molecule has 0 radical (unpaired) electrons. The molecule has 0 unspecified atom stereocenters. The molecule has 0 atom stereocenters. The first-order valence-electron chi connectivity index (χ1n) is 9.38. The Bertz CT molecular complexity index is 981. The normalized spacial score (nSPS) is 11.1. The minimum Gasteiger partial charge on any atom is -0.462 e. The second kappa shape index (κ2) is 9.26. The maximum Gasteiger partial charge on any atom is 0.338 e. The first-order valence-corrected chi connectivity index (χ1v) is 10.4. The number of esters is 1. The Morgan fingerprint density at radius 2 is 2.00 bits per heavy atom. The van der Waals surface area contributed by atoms with E-state index in [1.165, 1.54) is 16.7 Å². The number of thioether (sulfide) groups is 1. The molecular formula is C22H26N2O3S. The predicted octanol–water partition coefficient (Wildman–Crippen LogP) is 4.77. The third-order valence-electron chi connectivity index (χ3n) is 4.60. The van der Waals surface area contributed by atoms with Crippen LogP contribution in [0.25, 0.3) is 11.0 Å². The average Bonchev–Trinajstić information content (AvgIpc) is 3.02. The Kier molecular flexibility index (Phi) is 6.75. The van der Waals surface area contributed by atoms with Crippen LogP contribution in [-0.4, -0.2) is 35.8 Å². The van der Waals surface area contributed by atoms with Gasteiger partial charge in [-0.25, -0.2) is 9.78 Å². The summed E-state index contributed by atoms with van der Waals surface area (Å²) in [5.41, 5.74) is 6.17. The Balaban J connectivity index is 1.91. The Hall–Kier alpha value is -2.31. The molecule has 5 nitrogen and oxygen atoms in total. The lowest BCUT2D eigenvalue weighted by molar-refractivity contribution is 0.0526. The number of fused-ring (bicyclic) bond motifs is 1. The minimum atomic E-state index is -0.319. The third-order valence-corrected chi connectivity index (χ3v) is 5.62. The second-order valence-corrected chi connectivity index (χ2v) is 7.62. The summed E-state index contributed by atoms with van der Waals surface area (Å²) in [5, 5.41) is 0.924. The number of hydrogen-bond acceptors (Lipinski definition) is 5. The van der Waals surface area contributed by atoms with Gasteiger partial charge in [0, 0.05) is 19.4 Å². The predicted molar refractivity (Wildman–Crippen MR) is 113 cm³/mol. The van der Waals surface area contributed by atoms with Crippen LogP contribution in [0.3, 0.4) is 0 Å². The van der Waals surface area contributed by atoms with Gasteiger partial charge in [0.2, 0.25) is 0 Å². The Morgan fingerprint density at radius 3 is 2.71 bits per heavy atom. The molecule has 3 rings (SSSR count). The van der Waals surface area contributed by atoms with Gasteiger partial charge in [0.1, 0.15) is 0 Å². The molecule has 6 heteroatoms. The van der Waals surface area contributed by atoms with E-state index in [2.05, 4.69) is 36.6 Å². The fourth-order valence-electron chi connectivity index (χ4n) is 3.11. The molecule has 1 heterocycles. The molecule has 148 valence electrons. The van der Waals surface area contributed by atoms with Crippen molar-refractivity contribution in [1.29, 1.82) is 0 Å². The van der Waals surface area contributed by atoms with E-state index in [1.54, 1.807) is 37.9 Å². The van der Waals surface area contributed by atoms with Gasteiger partial charge in [-0.05, 0) is 50.1 Å². The number of hydrogen-bond donors (Lipinski definition) is 0. The first-order chi connectivity index (χ1) is 13.5. The van der Waals surface area contributed by atoms with Crippen LogP contribution >= 0.6 is 11.8 Å².